The Bertz CT molecular complexity index is 834. The van der Waals surface area contributed by atoms with Gasteiger partial charge in [-0.1, -0.05) is 38.1 Å². The maximum atomic E-state index is 12.2. The van der Waals surface area contributed by atoms with Crippen molar-refractivity contribution in [1.82, 2.24) is 5.32 Å². The quantitative estimate of drug-likeness (QED) is 0.679. The van der Waals surface area contributed by atoms with Gasteiger partial charge in [-0.3, -0.25) is 9.59 Å². The monoisotopic (exact) mass is 408 g/mol. The fraction of sp³-hybridized carbons (Fsp3) is 0.333. The highest BCUT2D eigenvalue weighted by Gasteiger charge is 2.30. The van der Waals surface area contributed by atoms with Crippen molar-refractivity contribution in [3.63, 3.8) is 0 Å². The third-order valence-corrected chi connectivity index (χ3v) is 3.82. The molecule has 0 radical (unpaired) electrons. The van der Waals surface area contributed by atoms with E-state index in [9.17, 15) is 22.8 Å². The molecule has 0 fully saturated rings. The van der Waals surface area contributed by atoms with E-state index in [1.807, 2.05) is 19.9 Å². The Morgan fingerprint density at radius 1 is 1.00 bits per heavy atom. The zero-order chi connectivity index (χ0) is 21.4. The third kappa shape index (κ3) is 8.68. The lowest BCUT2D eigenvalue weighted by molar-refractivity contribution is -0.274. The van der Waals surface area contributed by atoms with E-state index >= 15 is 0 Å². The minimum atomic E-state index is -4.75. The Labute approximate surface area is 167 Å². The van der Waals surface area contributed by atoms with Crippen LogP contribution >= 0.6 is 0 Å². The molecule has 2 rings (SSSR count). The van der Waals surface area contributed by atoms with Crippen molar-refractivity contribution >= 4 is 17.5 Å². The third-order valence-electron chi connectivity index (χ3n) is 3.82. The number of benzene rings is 2. The minimum absolute atomic E-state index is 0.0249. The molecule has 0 aliphatic carbocycles. The van der Waals surface area contributed by atoms with Crippen LogP contribution < -0.4 is 15.4 Å². The first-order valence-electron chi connectivity index (χ1n) is 9.11. The minimum Gasteiger partial charge on any atom is -0.406 e. The van der Waals surface area contributed by atoms with Gasteiger partial charge in [0.15, 0.2) is 0 Å². The molecule has 0 aromatic heterocycles. The Hall–Kier alpha value is -3.03. The topological polar surface area (TPSA) is 67.4 Å². The number of hydrogen-bond acceptors (Lipinski definition) is 3. The molecular formula is C21H23F3N2O3. The maximum absolute atomic E-state index is 12.2. The molecule has 0 saturated carbocycles. The summed E-state index contributed by atoms with van der Waals surface area (Å²) in [6, 6.07) is 12.3. The van der Waals surface area contributed by atoms with Crippen LogP contribution in [0.15, 0.2) is 48.5 Å². The highest BCUT2D eigenvalue weighted by atomic mass is 19.4. The summed E-state index contributed by atoms with van der Waals surface area (Å²) in [5, 5.41) is 5.57. The van der Waals surface area contributed by atoms with Crippen molar-refractivity contribution in [2.24, 2.45) is 5.92 Å². The van der Waals surface area contributed by atoms with Gasteiger partial charge in [-0.05, 0) is 41.3 Å². The van der Waals surface area contributed by atoms with Crippen LogP contribution in [-0.2, 0) is 22.6 Å². The molecule has 0 spiro atoms. The summed E-state index contributed by atoms with van der Waals surface area (Å²) in [6.45, 7) is 4.19. The molecule has 0 aliphatic rings. The van der Waals surface area contributed by atoms with Crippen molar-refractivity contribution in [3.05, 3.63) is 59.7 Å². The second-order valence-corrected chi connectivity index (χ2v) is 6.99. The summed E-state index contributed by atoms with van der Waals surface area (Å²) in [4.78, 5) is 23.9. The Balaban J connectivity index is 1.84. The van der Waals surface area contributed by atoms with Crippen LogP contribution in [0.25, 0.3) is 0 Å². The van der Waals surface area contributed by atoms with Crippen molar-refractivity contribution in [2.75, 3.05) is 5.32 Å². The van der Waals surface area contributed by atoms with Crippen LogP contribution in [-0.4, -0.2) is 18.2 Å². The number of rotatable bonds is 8. The van der Waals surface area contributed by atoms with Gasteiger partial charge in [0.2, 0.25) is 11.8 Å². The number of carbonyl (C=O) groups is 2. The van der Waals surface area contributed by atoms with Gasteiger partial charge in [0.05, 0.1) is 6.42 Å². The number of alkyl halides is 3. The molecule has 156 valence electrons. The number of anilines is 1. The molecule has 2 amide bonds. The largest absolute Gasteiger partial charge is 0.573 e. The predicted molar refractivity (Wildman–Crippen MR) is 103 cm³/mol. The van der Waals surface area contributed by atoms with Crippen molar-refractivity contribution in [3.8, 4) is 5.75 Å². The maximum Gasteiger partial charge on any atom is 0.573 e. The molecule has 0 atom stereocenters. The average molecular weight is 408 g/mol. The van der Waals surface area contributed by atoms with Crippen molar-refractivity contribution < 1.29 is 27.5 Å². The van der Waals surface area contributed by atoms with E-state index in [1.54, 1.807) is 18.2 Å². The normalized spacial score (nSPS) is 11.2. The zero-order valence-electron chi connectivity index (χ0n) is 16.2. The fourth-order valence-corrected chi connectivity index (χ4v) is 2.60. The van der Waals surface area contributed by atoms with Crippen LogP contribution in [0.2, 0.25) is 0 Å². The number of amides is 2. The standard InChI is InChI=1S/C21H23F3N2O3/c1-14(2)10-20(28)26-17-5-3-4-16(11-17)13-25-19(27)12-15-6-8-18(9-7-15)29-21(22,23)24/h3-9,11,14H,10,12-13H2,1-2H3,(H,25,27)(H,26,28). The first-order chi connectivity index (χ1) is 13.6. The molecule has 0 heterocycles. The SMILES string of the molecule is CC(C)CC(=O)Nc1cccc(CNC(=O)Cc2ccc(OC(F)(F)F)cc2)c1. The number of ether oxygens (including phenoxy) is 1. The lowest BCUT2D eigenvalue weighted by Crippen LogP contribution is -2.24. The fourth-order valence-electron chi connectivity index (χ4n) is 2.60. The predicted octanol–water partition coefficient (Wildman–Crippen LogP) is 4.43. The molecule has 2 N–H and O–H groups in total. The Morgan fingerprint density at radius 3 is 2.31 bits per heavy atom. The summed E-state index contributed by atoms with van der Waals surface area (Å²) < 4.78 is 40.3. The number of carbonyl (C=O) groups excluding carboxylic acids is 2. The van der Waals surface area contributed by atoms with E-state index in [1.165, 1.54) is 24.3 Å². The number of nitrogens with one attached hydrogen (secondary N) is 2. The zero-order valence-corrected chi connectivity index (χ0v) is 16.2. The summed E-state index contributed by atoms with van der Waals surface area (Å²) in [7, 11) is 0. The van der Waals surface area contributed by atoms with E-state index in [0.717, 1.165) is 5.56 Å². The molecule has 0 bridgehead atoms. The Morgan fingerprint density at radius 2 is 1.69 bits per heavy atom. The molecule has 0 saturated heterocycles. The summed E-state index contributed by atoms with van der Waals surface area (Å²) in [5.74, 6) is -0.424. The molecule has 29 heavy (non-hydrogen) atoms. The van der Waals surface area contributed by atoms with Gasteiger partial charge in [-0.25, -0.2) is 0 Å². The summed E-state index contributed by atoms with van der Waals surface area (Å²) in [5.41, 5.74) is 2.03. The molecule has 8 heteroatoms. The van der Waals surface area contributed by atoms with E-state index in [2.05, 4.69) is 15.4 Å². The Kier molecular flexibility index (Phi) is 7.64. The van der Waals surface area contributed by atoms with Gasteiger partial charge < -0.3 is 15.4 Å². The molecular weight excluding hydrogens is 385 g/mol. The van der Waals surface area contributed by atoms with E-state index in [-0.39, 0.29) is 36.4 Å². The summed E-state index contributed by atoms with van der Waals surface area (Å²) in [6.07, 6.45) is -4.30. The molecule has 5 nitrogen and oxygen atoms in total. The van der Waals surface area contributed by atoms with Crippen molar-refractivity contribution in [1.29, 1.82) is 0 Å². The first-order valence-corrected chi connectivity index (χ1v) is 9.11. The molecule has 2 aromatic rings. The lowest BCUT2D eigenvalue weighted by atomic mass is 10.1. The molecule has 0 aliphatic heterocycles. The van der Waals surface area contributed by atoms with Crippen LogP contribution in [0.3, 0.4) is 0 Å². The van der Waals surface area contributed by atoms with Crippen LogP contribution in [0.5, 0.6) is 5.75 Å². The highest BCUT2D eigenvalue weighted by Crippen LogP contribution is 2.22. The van der Waals surface area contributed by atoms with Crippen LogP contribution in [0.1, 0.15) is 31.4 Å². The van der Waals surface area contributed by atoms with Crippen LogP contribution in [0.4, 0.5) is 18.9 Å². The lowest BCUT2D eigenvalue weighted by Gasteiger charge is -2.10. The molecule has 0 unspecified atom stereocenters. The smallest absolute Gasteiger partial charge is 0.406 e. The van der Waals surface area contributed by atoms with Crippen molar-refractivity contribution in [2.45, 2.75) is 39.6 Å². The van der Waals surface area contributed by atoms with E-state index in [4.69, 9.17) is 0 Å². The second kappa shape index (κ2) is 9.95. The van der Waals surface area contributed by atoms with Gasteiger partial charge >= 0.3 is 6.36 Å². The van der Waals surface area contributed by atoms with E-state index in [0.29, 0.717) is 17.7 Å². The second-order valence-electron chi connectivity index (χ2n) is 6.99. The molecule has 2 aromatic carbocycles. The first kappa shape index (κ1) is 22.3. The number of halogens is 3. The van der Waals surface area contributed by atoms with Gasteiger partial charge in [0.1, 0.15) is 5.75 Å². The highest BCUT2D eigenvalue weighted by molar-refractivity contribution is 5.90. The van der Waals surface area contributed by atoms with Gasteiger partial charge in [-0.15, -0.1) is 13.2 Å². The number of hydrogen-bond donors (Lipinski definition) is 2. The van der Waals surface area contributed by atoms with Gasteiger partial charge in [0, 0.05) is 18.7 Å². The van der Waals surface area contributed by atoms with Gasteiger partial charge in [0.25, 0.3) is 0 Å². The summed E-state index contributed by atoms with van der Waals surface area (Å²) >= 11 is 0. The van der Waals surface area contributed by atoms with E-state index < -0.39 is 6.36 Å². The average Bonchev–Trinajstić information content (AvgIpc) is 2.60. The van der Waals surface area contributed by atoms with Crippen LogP contribution in [0, 0.1) is 5.92 Å². The van der Waals surface area contributed by atoms with Gasteiger partial charge in [-0.2, -0.15) is 0 Å².